The monoisotopic (exact) mass is 430 g/mol. The van der Waals surface area contributed by atoms with Gasteiger partial charge < -0.3 is 15.4 Å². The Morgan fingerprint density at radius 3 is 1.66 bits per heavy atom. The molecular formula is C27H30N2O3. The van der Waals surface area contributed by atoms with Crippen LogP contribution in [0.25, 0.3) is 0 Å². The maximum absolute atomic E-state index is 12.4. The van der Waals surface area contributed by atoms with Gasteiger partial charge in [-0.3, -0.25) is 9.59 Å². The van der Waals surface area contributed by atoms with Crippen LogP contribution in [0.5, 0.6) is 11.5 Å². The van der Waals surface area contributed by atoms with Gasteiger partial charge in [0.2, 0.25) is 11.8 Å². The Balaban J connectivity index is 1.43. The number of carbonyl (C=O) groups excluding carboxylic acids is 2. The van der Waals surface area contributed by atoms with E-state index in [9.17, 15) is 9.59 Å². The highest BCUT2D eigenvalue weighted by atomic mass is 16.5. The second-order valence-corrected chi connectivity index (χ2v) is 8.33. The van der Waals surface area contributed by atoms with E-state index >= 15 is 0 Å². The molecule has 0 aromatic heterocycles. The lowest BCUT2D eigenvalue weighted by Crippen LogP contribution is -2.20. The molecule has 0 fully saturated rings. The molecule has 0 aliphatic carbocycles. The molecule has 3 aromatic carbocycles. The van der Waals surface area contributed by atoms with Gasteiger partial charge in [-0.25, -0.2) is 0 Å². The summed E-state index contributed by atoms with van der Waals surface area (Å²) in [5.74, 6) is 1.61. The van der Waals surface area contributed by atoms with Crippen molar-refractivity contribution in [2.24, 2.45) is 5.92 Å². The van der Waals surface area contributed by atoms with Crippen LogP contribution in [0.15, 0.2) is 78.9 Å². The Kier molecular flexibility index (Phi) is 8.03. The van der Waals surface area contributed by atoms with Crippen LogP contribution in [0.1, 0.15) is 45.1 Å². The number of benzene rings is 3. The minimum atomic E-state index is -0.122. The molecule has 166 valence electrons. The van der Waals surface area contributed by atoms with E-state index in [-0.39, 0.29) is 30.6 Å². The van der Waals surface area contributed by atoms with Crippen LogP contribution in [-0.2, 0) is 9.59 Å². The number of para-hydroxylation sites is 1. The van der Waals surface area contributed by atoms with Gasteiger partial charge in [-0.05, 0) is 65.9 Å². The third kappa shape index (κ3) is 7.27. The minimum Gasteiger partial charge on any atom is -0.457 e. The molecule has 5 nitrogen and oxygen atoms in total. The Bertz CT molecular complexity index is 1010. The predicted octanol–water partition coefficient (Wildman–Crippen LogP) is 6.60. The molecule has 2 amide bonds. The van der Waals surface area contributed by atoms with E-state index in [1.54, 1.807) is 12.1 Å². The second kappa shape index (κ2) is 11.1. The average molecular weight is 431 g/mol. The van der Waals surface area contributed by atoms with Crippen molar-refractivity contribution in [3.63, 3.8) is 0 Å². The normalized spacial score (nSPS) is 11.6. The van der Waals surface area contributed by atoms with Crippen LogP contribution < -0.4 is 15.4 Å². The highest BCUT2D eigenvalue weighted by molar-refractivity contribution is 5.93. The van der Waals surface area contributed by atoms with E-state index in [4.69, 9.17) is 4.74 Å². The van der Waals surface area contributed by atoms with Crippen molar-refractivity contribution < 1.29 is 14.3 Å². The van der Waals surface area contributed by atoms with E-state index in [0.29, 0.717) is 17.4 Å². The van der Waals surface area contributed by atoms with E-state index in [1.165, 1.54) is 5.56 Å². The molecule has 2 N–H and O–H groups in total. The van der Waals surface area contributed by atoms with E-state index < -0.39 is 0 Å². The van der Waals surface area contributed by atoms with E-state index in [0.717, 1.165) is 11.4 Å². The van der Waals surface area contributed by atoms with Gasteiger partial charge in [0, 0.05) is 24.2 Å². The highest BCUT2D eigenvalue weighted by Gasteiger charge is 2.14. The fourth-order valence-corrected chi connectivity index (χ4v) is 3.31. The topological polar surface area (TPSA) is 67.4 Å². The summed E-state index contributed by atoms with van der Waals surface area (Å²) >= 11 is 0. The standard InChI is InChI=1S/C27H30N2O3/c1-19(2)21-9-11-22(12-10-21)28-26(30)17-20(3)18-27(31)29-23-13-15-25(16-14-23)32-24-7-5-4-6-8-24/h4-16,19-20H,17-18H2,1-3H3,(H,28,30)(H,29,31). The van der Waals surface area contributed by atoms with Crippen molar-refractivity contribution in [3.8, 4) is 11.5 Å². The Morgan fingerprint density at radius 2 is 1.16 bits per heavy atom. The van der Waals surface area contributed by atoms with Gasteiger partial charge in [0.05, 0.1) is 0 Å². The largest absolute Gasteiger partial charge is 0.457 e. The number of hydrogen-bond acceptors (Lipinski definition) is 3. The van der Waals surface area contributed by atoms with Gasteiger partial charge in [-0.2, -0.15) is 0 Å². The lowest BCUT2D eigenvalue weighted by Gasteiger charge is -2.13. The van der Waals surface area contributed by atoms with Crippen molar-refractivity contribution >= 4 is 23.2 Å². The molecule has 1 atom stereocenters. The summed E-state index contributed by atoms with van der Waals surface area (Å²) in [5.41, 5.74) is 2.69. The molecule has 5 heteroatoms. The fourth-order valence-electron chi connectivity index (χ4n) is 3.31. The summed E-state index contributed by atoms with van der Waals surface area (Å²) in [6.07, 6.45) is 0.547. The first-order valence-electron chi connectivity index (χ1n) is 10.9. The number of amides is 2. The zero-order valence-corrected chi connectivity index (χ0v) is 18.8. The molecule has 0 saturated carbocycles. The molecular weight excluding hydrogens is 400 g/mol. The maximum Gasteiger partial charge on any atom is 0.224 e. The first-order chi connectivity index (χ1) is 15.4. The number of carbonyl (C=O) groups is 2. The molecule has 0 aliphatic heterocycles. The van der Waals surface area contributed by atoms with Crippen molar-refractivity contribution in [1.29, 1.82) is 0 Å². The maximum atomic E-state index is 12.4. The third-order valence-corrected chi connectivity index (χ3v) is 5.05. The molecule has 0 saturated heterocycles. The Labute approximate surface area is 189 Å². The number of ether oxygens (including phenoxy) is 1. The zero-order valence-electron chi connectivity index (χ0n) is 18.8. The minimum absolute atomic E-state index is 0.0781. The summed E-state index contributed by atoms with van der Waals surface area (Å²) in [6.45, 7) is 6.16. The highest BCUT2D eigenvalue weighted by Crippen LogP contribution is 2.23. The van der Waals surface area contributed by atoms with Crippen LogP contribution in [-0.4, -0.2) is 11.8 Å². The Hall–Kier alpha value is -3.60. The molecule has 3 rings (SSSR count). The number of hydrogen-bond donors (Lipinski definition) is 2. The molecule has 3 aromatic rings. The first-order valence-corrected chi connectivity index (χ1v) is 10.9. The molecule has 0 heterocycles. The third-order valence-electron chi connectivity index (χ3n) is 5.05. The summed E-state index contributed by atoms with van der Waals surface area (Å²) in [7, 11) is 0. The van der Waals surface area contributed by atoms with Crippen LogP contribution >= 0.6 is 0 Å². The number of nitrogens with one attached hydrogen (secondary N) is 2. The van der Waals surface area contributed by atoms with Crippen LogP contribution in [0.4, 0.5) is 11.4 Å². The second-order valence-electron chi connectivity index (χ2n) is 8.33. The van der Waals surface area contributed by atoms with Crippen molar-refractivity contribution in [1.82, 2.24) is 0 Å². The van der Waals surface area contributed by atoms with Crippen molar-refractivity contribution in [3.05, 3.63) is 84.4 Å². The number of anilines is 2. The van der Waals surface area contributed by atoms with Gasteiger partial charge >= 0.3 is 0 Å². The van der Waals surface area contributed by atoms with Crippen LogP contribution in [0.2, 0.25) is 0 Å². The zero-order chi connectivity index (χ0) is 22.9. The van der Waals surface area contributed by atoms with E-state index in [1.807, 2.05) is 73.7 Å². The summed E-state index contributed by atoms with van der Waals surface area (Å²) < 4.78 is 5.76. The quantitative estimate of drug-likeness (QED) is 0.402. The lowest BCUT2D eigenvalue weighted by molar-refractivity contribution is -0.118. The van der Waals surface area contributed by atoms with Crippen molar-refractivity contribution in [2.45, 2.75) is 39.5 Å². The fraction of sp³-hybridized carbons (Fsp3) is 0.259. The molecule has 0 radical (unpaired) electrons. The van der Waals surface area contributed by atoms with Crippen LogP contribution in [0, 0.1) is 5.92 Å². The number of rotatable bonds is 9. The van der Waals surface area contributed by atoms with Gasteiger partial charge in [0.15, 0.2) is 0 Å². The molecule has 0 bridgehead atoms. The van der Waals surface area contributed by atoms with E-state index in [2.05, 4.69) is 24.5 Å². The molecule has 32 heavy (non-hydrogen) atoms. The first kappa shape index (κ1) is 23.1. The van der Waals surface area contributed by atoms with Gasteiger partial charge in [0.25, 0.3) is 0 Å². The van der Waals surface area contributed by atoms with Gasteiger partial charge in [0.1, 0.15) is 11.5 Å². The SMILES string of the molecule is CC(CC(=O)Nc1ccc(Oc2ccccc2)cc1)CC(=O)Nc1ccc(C(C)C)cc1. The molecule has 1 unspecified atom stereocenters. The van der Waals surface area contributed by atoms with Gasteiger partial charge in [-0.15, -0.1) is 0 Å². The molecule has 0 spiro atoms. The summed E-state index contributed by atoms with van der Waals surface area (Å²) in [5, 5.41) is 5.78. The van der Waals surface area contributed by atoms with Gasteiger partial charge in [-0.1, -0.05) is 51.1 Å². The molecule has 0 aliphatic rings. The average Bonchev–Trinajstić information content (AvgIpc) is 2.76. The van der Waals surface area contributed by atoms with Crippen LogP contribution in [0.3, 0.4) is 0 Å². The Morgan fingerprint density at radius 1 is 0.688 bits per heavy atom. The summed E-state index contributed by atoms with van der Waals surface area (Å²) in [4.78, 5) is 24.7. The lowest BCUT2D eigenvalue weighted by atomic mass is 10.0. The smallest absolute Gasteiger partial charge is 0.224 e. The predicted molar refractivity (Wildman–Crippen MR) is 129 cm³/mol. The van der Waals surface area contributed by atoms with Crippen molar-refractivity contribution in [2.75, 3.05) is 10.6 Å². The summed E-state index contributed by atoms with van der Waals surface area (Å²) in [6, 6.07) is 24.6.